The lowest BCUT2D eigenvalue weighted by molar-refractivity contribution is -0.145. The molecule has 1 aliphatic carbocycles. The van der Waals surface area contributed by atoms with Gasteiger partial charge < -0.3 is 10.1 Å². The second-order valence-electron chi connectivity index (χ2n) is 8.01. The van der Waals surface area contributed by atoms with Crippen molar-refractivity contribution in [1.29, 1.82) is 0 Å². The Labute approximate surface area is 181 Å². The number of carbonyl (C=O) groups is 2. The summed E-state index contributed by atoms with van der Waals surface area (Å²) >= 11 is 0. The van der Waals surface area contributed by atoms with Crippen LogP contribution in [0.4, 0.5) is 0 Å². The van der Waals surface area contributed by atoms with Gasteiger partial charge in [0.25, 0.3) is 5.91 Å². The predicted molar refractivity (Wildman–Crippen MR) is 117 cm³/mol. The molecule has 1 aliphatic rings. The maximum Gasteiger partial charge on any atom is 0.315 e. The van der Waals surface area contributed by atoms with Crippen LogP contribution >= 0.6 is 0 Å². The minimum atomic E-state index is -0.559. The molecule has 0 bridgehead atoms. The Kier molecular flexibility index (Phi) is 6.60. The van der Waals surface area contributed by atoms with E-state index in [9.17, 15) is 9.59 Å². The summed E-state index contributed by atoms with van der Waals surface area (Å²) in [5.74, 6) is -0.158. The quantitative estimate of drug-likeness (QED) is 0.401. The molecule has 0 radical (unpaired) electrons. The molecule has 7 heteroatoms. The van der Waals surface area contributed by atoms with Gasteiger partial charge in [0, 0.05) is 25.1 Å². The number of hydrogen-bond donors (Lipinski definition) is 1. The molecule has 3 heterocycles. The first-order valence-electron chi connectivity index (χ1n) is 11.0. The molecule has 0 saturated heterocycles. The Hall–Kier alpha value is -3.22. The standard InChI is InChI=1S/C24H28N4O3/c1-2-31-24(30)19(15-18-10-13-25-14-11-18)20-16-28-21(6-3-7-22(28)27-20)23(29)26-12-4-5-17-8-9-17/h3,6-7,10-11,13-14,16-17,19H,2,4-5,8-9,12,15H2,1H3,(H,26,29). The highest BCUT2D eigenvalue weighted by atomic mass is 16.5. The second-order valence-corrected chi connectivity index (χ2v) is 8.01. The smallest absolute Gasteiger partial charge is 0.315 e. The number of nitrogens with one attached hydrogen (secondary N) is 1. The van der Waals surface area contributed by atoms with E-state index in [4.69, 9.17) is 4.74 Å². The van der Waals surface area contributed by atoms with Crippen LogP contribution in [0, 0.1) is 5.92 Å². The first-order valence-corrected chi connectivity index (χ1v) is 11.0. The van der Waals surface area contributed by atoms with Gasteiger partial charge in [-0.3, -0.25) is 19.0 Å². The fourth-order valence-electron chi connectivity index (χ4n) is 3.78. The lowest BCUT2D eigenvalue weighted by atomic mass is 9.97. The summed E-state index contributed by atoms with van der Waals surface area (Å²) in [6, 6.07) is 9.18. The lowest BCUT2D eigenvalue weighted by Crippen LogP contribution is -2.26. The number of esters is 1. The van der Waals surface area contributed by atoms with Crippen molar-refractivity contribution < 1.29 is 14.3 Å². The van der Waals surface area contributed by atoms with Gasteiger partial charge in [-0.25, -0.2) is 4.98 Å². The summed E-state index contributed by atoms with van der Waals surface area (Å²) in [5.41, 5.74) is 2.70. The van der Waals surface area contributed by atoms with Gasteiger partial charge in [-0.2, -0.15) is 0 Å². The van der Waals surface area contributed by atoms with Crippen LogP contribution in [0.15, 0.2) is 48.9 Å². The topological polar surface area (TPSA) is 85.6 Å². The molecular formula is C24H28N4O3. The van der Waals surface area contributed by atoms with E-state index in [1.165, 1.54) is 19.3 Å². The molecule has 4 rings (SSSR count). The number of amides is 1. The summed E-state index contributed by atoms with van der Waals surface area (Å²) in [6.07, 6.45) is 10.5. The molecule has 0 aromatic carbocycles. The Morgan fingerprint density at radius 3 is 2.77 bits per heavy atom. The molecule has 3 aromatic heterocycles. The molecule has 0 spiro atoms. The molecule has 1 N–H and O–H groups in total. The fourth-order valence-corrected chi connectivity index (χ4v) is 3.78. The minimum Gasteiger partial charge on any atom is -0.465 e. The van der Waals surface area contributed by atoms with Crippen LogP contribution in [0.2, 0.25) is 0 Å². The highest BCUT2D eigenvalue weighted by Gasteiger charge is 2.26. The van der Waals surface area contributed by atoms with E-state index in [-0.39, 0.29) is 11.9 Å². The van der Waals surface area contributed by atoms with Crippen LogP contribution in [0.1, 0.15) is 60.3 Å². The lowest BCUT2D eigenvalue weighted by Gasteiger charge is -2.13. The molecule has 162 valence electrons. The van der Waals surface area contributed by atoms with Gasteiger partial charge in [0.15, 0.2) is 0 Å². The zero-order valence-corrected chi connectivity index (χ0v) is 17.8. The van der Waals surface area contributed by atoms with E-state index in [1.807, 2.05) is 24.3 Å². The molecule has 31 heavy (non-hydrogen) atoms. The average Bonchev–Trinajstić information content (AvgIpc) is 3.51. The van der Waals surface area contributed by atoms with Crippen LogP contribution in [-0.2, 0) is 16.0 Å². The highest BCUT2D eigenvalue weighted by Crippen LogP contribution is 2.33. The summed E-state index contributed by atoms with van der Waals surface area (Å²) in [5, 5.41) is 3.01. The van der Waals surface area contributed by atoms with Crippen LogP contribution in [0.3, 0.4) is 0 Å². The van der Waals surface area contributed by atoms with Crippen molar-refractivity contribution in [2.24, 2.45) is 5.92 Å². The Bertz CT molecular complexity index is 1040. The largest absolute Gasteiger partial charge is 0.465 e. The van der Waals surface area contributed by atoms with E-state index in [1.54, 1.807) is 36.0 Å². The minimum absolute atomic E-state index is 0.132. The van der Waals surface area contributed by atoms with Crippen LogP contribution in [-0.4, -0.2) is 39.4 Å². The molecule has 0 aliphatic heterocycles. The maximum atomic E-state index is 12.8. The number of pyridine rings is 2. The number of fused-ring (bicyclic) bond motifs is 1. The molecule has 7 nitrogen and oxygen atoms in total. The van der Waals surface area contributed by atoms with E-state index in [2.05, 4.69) is 15.3 Å². The summed E-state index contributed by atoms with van der Waals surface area (Å²) in [6.45, 7) is 2.76. The van der Waals surface area contributed by atoms with Gasteiger partial charge in [0.2, 0.25) is 0 Å². The van der Waals surface area contributed by atoms with Crippen LogP contribution in [0.5, 0.6) is 0 Å². The fraction of sp³-hybridized carbons (Fsp3) is 0.417. The Morgan fingerprint density at radius 2 is 2.03 bits per heavy atom. The monoisotopic (exact) mass is 420 g/mol. The molecular weight excluding hydrogens is 392 g/mol. The molecule has 3 aromatic rings. The number of carbonyl (C=O) groups excluding carboxylic acids is 2. The van der Waals surface area contributed by atoms with Gasteiger partial charge in [-0.05, 0) is 61.9 Å². The average molecular weight is 421 g/mol. The first kappa shape index (κ1) is 21.0. The van der Waals surface area contributed by atoms with Crippen LogP contribution < -0.4 is 5.32 Å². The third-order valence-electron chi connectivity index (χ3n) is 5.63. The SMILES string of the molecule is CCOC(=O)C(Cc1ccncc1)c1cn2c(C(=O)NCCCC3CC3)cccc2n1. The van der Waals surface area contributed by atoms with E-state index in [0.29, 0.717) is 36.6 Å². The number of ether oxygens (including phenoxy) is 1. The van der Waals surface area contributed by atoms with Gasteiger partial charge in [0.05, 0.1) is 12.3 Å². The zero-order valence-electron chi connectivity index (χ0n) is 17.8. The normalized spacial score (nSPS) is 14.4. The maximum absolute atomic E-state index is 12.8. The number of hydrogen-bond acceptors (Lipinski definition) is 5. The second kappa shape index (κ2) is 9.73. The van der Waals surface area contributed by atoms with Crippen molar-refractivity contribution in [2.75, 3.05) is 13.2 Å². The number of aromatic nitrogens is 3. The molecule has 1 saturated carbocycles. The molecule has 1 amide bonds. The molecule has 1 fully saturated rings. The molecule has 1 atom stereocenters. The Balaban J connectivity index is 1.56. The van der Waals surface area contributed by atoms with Crippen molar-refractivity contribution in [2.45, 2.75) is 44.9 Å². The molecule has 1 unspecified atom stereocenters. The van der Waals surface area contributed by atoms with E-state index >= 15 is 0 Å². The number of nitrogens with zero attached hydrogens (tertiary/aromatic N) is 3. The summed E-state index contributed by atoms with van der Waals surface area (Å²) in [7, 11) is 0. The van der Waals surface area contributed by atoms with Crippen LogP contribution in [0.25, 0.3) is 5.65 Å². The Morgan fingerprint density at radius 1 is 1.23 bits per heavy atom. The van der Waals surface area contributed by atoms with Gasteiger partial charge in [0.1, 0.15) is 17.3 Å². The predicted octanol–water partition coefficient (Wildman–Crippen LogP) is 3.54. The van der Waals surface area contributed by atoms with Crippen molar-refractivity contribution in [3.63, 3.8) is 0 Å². The van der Waals surface area contributed by atoms with Crippen molar-refractivity contribution in [3.8, 4) is 0 Å². The van der Waals surface area contributed by atoms with E-state index < -0.39 is 5.92 Å². The van der Waals surface area contributed by atoms with Crippen molar-refractivity contribution in [3.05, 3.63) is 65.9 Å². The van der Waals surface area contributed by atoms with Gasteiger partial charge in [-0.15, -0.1) is 0 Å². The number of rotatable bonds is 10. The van der Waals surface area contributed by atoms with Crippen molar-refractivity contribution in [1.82, 2.24) is 19.7 Å². The third-order valence-corrected chi connectivity index (χ3v) is 5.63. The van der Waals surface area contributed by atoms with Gasteiger partial charge >= 0.3 is 5.97 Å². The highest BCUT2D eigenvalue weighted by molar-refractivity contribution is 5.93. The van der Waals surface area contributed by atoms with Gasteiger partial charge in [-0.1, -0.05) is 18.9 Å². The summed E-state index contributed by atoms with van der Waals surface area (Å²) < 4.78 is 7.07. The number of imidazole rings is 1. The third kappa shape index (κ3) is 5.29. The van der Waals surface area contributed by atoms with E-state index in [0.717, 1.165) is 17.9 Å². The zero-order chi connectivity index (χ0) is 21.6. The van der Waals surface area contributed by atoms with Crippen molar-refractivity contribution >= 4 is 17.5 Å². The first-order chi connectivity index (χ1) is 15.2. The summed E-state index contributed by atoms with van der Waals surface area (Å²) in [4.78, 5) is 34.2.